The van der Waals surface area contributed by atoms with Gasteiger partial charge in [0.15, 0.2) is 0 Å². The summed E-state index contributed by atoms with van der Waals surface area (Å²) in [6.07, 6.45) is -3.33. The number of rotatable bonds is 4. The number of anilines is 1. The lowest BCUT2D eigenvalue weighted by Crippen LogP contribution is -2.09. The first-order valence-electron chi connectivity index (χ1n) is 4.29. The molecule has 7 heteroatoms. The quantitative estimate of drug-likeness (QED) is 0.834. The molecule has 3 N–H and O–H groups in total. The van der Waals surface area contributed by atoms with Crippen LogP contribution in [0.1, 0.15) is 23.2 Å². The van der Waals surface area contributed by atoms with Crippen LogP contribution in [0.5, 0.6) is 0 Å². The Hall–Kier alpha value is -1.24. The number of hydrogen-bond donors (Lipinski definition) is 2. The summed E-state index contributed by atoms with van der Waals surface area (Å²) in [6, 6.07) is 1.34. The number of carboxylic acid groups (broad SMARTS) is 1. The average Bonchev–Trinajstić information content (AvgIpc) is 2.19. The van der Waals surface area contributed by atoms with Crippen LogP contribution in [0.25, 0.3) is 0 Å². The van der Waals surface area contributed by atoms with Crippen LogP contribution in [0.4, 0.5) is 14.6 Å². The molecule has 0 spiro atoms. The first-order valence-corrected chi connectivity index (χ1v) is 5.42. The summed E-state index contributed by atoms with van der Waals surface area (Å²) < 4.78 is 25.1. The predicted molar refractivity (Wildman–Crippen MR) is 57.6 cm³/mol. The molecule has 0 saturated carbocycles. The highest BCUT2D eigenvalue weighted by atomic mass is 79.9. The van der Waals surface area contributed by atoms with E-state index in [1.165, 1.54) is 6.07 Å². The SMILES string of the molecule is Nc1nc(C(F)F)c(CC(=O)O)cc1CBr. The summed E-state index contributed by atoms with van der Waals surface area (Å²) >= 11 is 3.12. The van der Waals surface area contributed by atoms with Crippen LogP contribution in [0.15, 0.2) is 6.07 Å². The maximum atomic E-state index is 12.6. The van der Waals surface area contributed by atoms with E-state index < -0.39 is 24.5 Å². The number of halogens is 3. The van der Waals surface area contributed by atoms with Gasteiger partial charge in [0.25, 0.3) is 6.43 Å². The van der Waals surface area contributed by atoms with E-state index >= 15 is 0 Å². The number of carboxylic acids is 1. The first kappa shape index (κ1) is 12.8. The molecule has 0 saturated heterocycles. The van der Waals surface area contributed by atoms with Crippen molar-refractivity contribution in [1.29, 1.82) is 0 Å². The maximum Gasteiger partial charge on any atom is 0.307 e. The normalized spacial score (nSPS) is 10.8. The molecule has 1 aromatic rings. The molecule has 0 bridgehead atoms. The Morgan fingerprint density at radius 2 is 2.19 bits per heavy atom. The van der Waals surface area contributed by atoms with Crippen molar-refractivity contribution in [2.75, 3.05) is 5.73 Å². The predicted octanol–water partition coefficient (Wildman–Crippen LogP) is 2.12. The molecule has 0 aliphatic rings. The molecular weight excluding hydrogens is 286 g/mol. The van der Waals surface area contributed by atoms with Gasteiger partial charge in [-0.25, -0.2) is 13.8 Å². The maximum absolute atomic E-state index is 12.6. The minimum absolute atomic E-state index is 0.00819. The second-order valence-electron chi connectivity index (χ2n) is 3.08. The van der Waals surface area contributed by atoms with Crippen molar-refractivity contribution < 1.29 is 18.7 Å². The largest absolute Gasteiger partial charge is 0.481 e. The van der Waals surface area contributed by atoms with E-state index in [2.05, 4.69) is 20.9 Å². The third-order valence-electron chi connectivity index (χ3n) is 1.94. The summed E-state index contributed by atoms with van der Waals surface area (Å²) in [5.41, 5.74) is 5.37. The number of nitrogens with two attached hydrogens (primary N) is 1. The number of alkyl halides is 3. The minimum Gasteiger partial charge on any atom is -0.481 e. The number of hydrogen-bond acceptors (Lipinski definition) is 3. The molecule has 1 rings (SSSR count). The fraction of sp³-hybridized carbons (Fsp3) is 0.333. The lowest BCUT2D eigenvalue weighted by molar-refractivity contribution is -0.136. The molecule has 1 aromatic heterocycles. The molecule has 0 unspecified atom stereocenters. The Balaban J connectivity index is 3.24. The van der Waals surface area contributed by atoms with Gasteiger partial charge in [0.05, 0.1) is 6.42 Å². The number of aromatic nitrogens is 1. The van der Waals surface area contributed by atoms with E-state index in [-0.39, 0.29) is 11.4 Å². The smallest absolute Gasteiger partial charge is 0.307 e. The number of carbonyl (C=O) groups is 1. The van der Waals surface area contributed by atoms with Crippen LogP contribution in [0, 0.1) is 0 Å². The standard InChI is InChI=1S/C9H9BrF2N2O2/c10-3-5-1-4(2-6(15)16)7(8(11)12)14-9(5)13/h1,8H,2-3H2,(H2,13,14)(H,15,16). The Kier molecular flexibility index (Phi) is 4.17. The highest BCUT2D eigenvalue weighted by Crippen LogP contribution is 2.26. The van der Waals surface area contributed by atoms with Gasteiger partial charge in [-0.15, -0.1) is 0 Å². The van der Waals surface area contributed by atoms with E-state index in [1.54, 1.807) is 0 Å². The summed E-state index contributed by atoms with van der Waals surface area (Å²) in [5.74, 6) is -1.20. The summed E-state index contributed by atoms with van der Waals surface area (Å²) in [4.78, 5) is 14.0. The highest BCUT2D eigenvalue weighted by molar-refractivity contribution is 9.08. The second kappa shape index (κ2) is 5.20. The van der Waals surface area contributed by atoms with E-state index in [9.17, 15) is 13.6 Å². The molecule has 16 heavy (non-hydrogen) atoms. The van der Waals surface area contributed by atoms with Gasteiger partial charge in [0, 0.05) is 10.9 Å². The van der Waals surface area contributed by atoms with Crippen LogP contribution in [0.3, 0.4) is 0 Å². The van der Waals surface area contributed by atoms with Gasteiger partial charge in [-0.3, -0.25) is 4.79 Å². The number of aliphatic carboxylic acids is 1. The zero-order chi connectivity index (χ0) is 12.3. The zero-order valence-electron chi connectivity index (χ0n) is 8.08. The van der Waals surface area contributed by atoms with Crippen LogP contribution < -0.4 is 5.73 Å². The Labute approximate surface area is 98.6 Å². The lowest BCUT2D eigenvalue weighted by atomic mass is 10.1. The van der Waals surface area contributed by atoms with Gasteiger partial charge in [-0.05, 0) is 11.6 Å². The van der Waals surface area contributed by atoms with Crippen molar-refractivity contribution in [1.82, 2.24) is 4.98 Å². The van der Waals surface area contributed by atoms with Crippen LogP contribution >= 0.6 is 15.9 Å². The Morgan fingerprint density at radius 3 is 2.62 bits per heavy atom. The topological polar surface area (TPSA) is 76.2 Å². The van der Waals surface area contributed by atoms with Gasteiger partial charge >= 0.3 is 5.97 Å². The molecule has 0 radical (unpaired) electrons. The summed E-state index contributed by atoms with van der Waals surface area (Å²) in [6.45, 7) is 0. The van der Waals surface area contributed by atoms with Crippen molar-refractivity contribution in [2.45, 2.75) is 18.2 Å². The third-order valence-corrected chi connectivity index (χ3v) is 2.54. The molecular formula is C9H9BrF2N2O2. The molecule has 0 aromatic carbocycles. The monoisotopic (exact) mass is 294 g/mol. The molecule has 4 nitrogen and oxygen atoms in total. The highest BCUT2D eigenvalue weighted by Gasteiger charge is 2.19. The van der Waals surface area contributed by atoms with Crippen molar-refractivity contribution in [3.63, 3.8) is 0 Å². The number of nitrogens with zero attached hydrogens (tertiary/aromatic N) is 1. The fourth-order valence-corrected chi connectivity index (χ4v) is 1.68. The van der Waals surface area contributed by atoms with Crippen LogP contribution in [-0.2, 0) is 16.5 Å². The molecule has 0 aliphatic heterocycles. The van der Waals surface area contributed by atoms with Gasteiger partial charge in [-0.1, -0.05) is 15.9 Å². The van der Waals surface area contributed by atoms with Gasteiger partial charge in [-0.2, -0.15) is 0 Å². The van der Waals surface area contributed by atoms with E-state index in [4.69, 9.17) is 10.8 Å². The lowest BCUT2D eigenvalue weighted by Gasteiger charge is -2.10. The van der Waals surface area contributed by atoms with E-state index in [0.717, 1.165) is 0 Å². The molecule has 0 fully saturated rings. The van der Waals surface area contributed by atoms with Crippen molar-refractivity contribution in [3.8, 4) is 0 Å². The molecule has 0 amide bonds. The number of nitrogen functional groups attached to an aromatic ring is 1. The summed E-state index contributed by atoms with van der Waals surface area (Å²) in [7, 11) is 0. The van der Waals surface area contributed by atoms with Crippen LogP contribution in [-0.4, -0.2) is 16.1 Å². The van der Waals surface area contributed by atoms with Gasteiger partial charge < -0.3 is 10.8 Å². The van der Waals surface area contributed by atoms with Crippen LogP contribution in [0.2, 0.25) is 0 Å². The number of pyridine rings is 1. The fourth-order valence-electron chi connectivity index (χ4n) is 1.23. The van der Waals surface area contributed by atoms with Gasteiger partial charge in [0.1, 0.15) is 11.5 Å². The molecule has 0 atom stereocenters. The van der Waals surface area contributed by atoms with E-state index in [1.807, 2.05) is 0 Å². The van der Waals surface area contributed by atoms with Gasteiger partial charge in [0.2, 0.25) is 0 Å². The average molecular weight is 295 g/mol. The Bertz CT molecular complexity index is 413. The van der Waals surface area contributed by atoms with Crippen molar-refractivity contribution in [3.05, 3.63) is 22.9 Å². The van der Waals surface area contributed by atoms with Crippen molar-refractivity contribution >= 4 is 27.7 Å². The molecule has 1 heterocycles. The van der Waals surface area contributed by atoms with E-state index in [0.29, 0.717) is 10.9 Å². The molecule has 88 valence electrons. The zero-order valence-corrected chi connectivity index (χ0v) is 9.67. The third kappa shape index (κ3) is 2.88. The first-order chi connectivity index (χ1) is 7.45. The molecule has 0 aliphatic carbocycles. The Morgan fingerprint density at radius 1 is 1.56 bits per heavy atom. The minimum atomic E-state index is -2.83. The van der Waals surface area contributed by atoms with Crippen molar-refractivity contribution in [2.24, 2.45) is 0 Å². The second-order valence-corrected chi connectivity index (χ2v) is 3.64. The summed E-state index contributed by atoms with van der Waals surface area (Å²) in [5, 5.41) is 8.93.